The summed E-state index contributed by atoms with van der Waals surface area (Å²) in [7, 11) is -2.60. The number of aromatic nitrogens is 2. The van der Waals surface area contributed by atoms with E-state index in [1.165, 1.54) is 25.4 Å². The van der Waals surface area contributed by atoms with Crippen LogP contribution < -0.4 is 9.46 Å². The third-order valence-corrected chi connectivity index (χ3v) is 4.14. The van der Waals surface area contributed by atoms with E-state index in [2.05, 4.69) is 14.9 Å². The standard InChI is InChI=1S/C12H13N3O5S/c1-20-10-3-2-9(12(16)17)4-11(10)21(18,19)15-7-8-5-13-14-6-8/h2-6,15H,7H2,1H3,(H,13,14)(H,16,17). The summed E-state index contributed by atoms with van der Waals surface area (Å²) in [5, 5.41) is 15.2. The number of aromatic amines is 1. The number of hydrogen-bond acceptors (Lipinski definition) is 5. The van der Waals surface area contributed by atoms with E-state index in [-0.39, 0.29) is 22.8 Å². The number of carbonyl (C=O) groups is 1. The fourth-order valence-corrected chi connectivity index (χ4v) is 2.86. The van der Waals surface area contributed by atoms with Gasteiger partial charge in [-0.1, -0.05) is 0 Å². The molecule has 0 unspecified atom stereocenters. The molecule has 0 spiro atoms. The SMILES string of the molecule is COc1ccc(C(=O)O)cc1S(=O)(=O)NCc1cn[nH]c1. The van der Waals surface area contributed by atoms with Crippen LogP contribution in [-0.2, 0) is 16.6 Å². The molecule has 0 aliphatic rings. The number of aromatic carboxylic acids is 1. The van der Waals surface area contributed by atoms with E-state index in [1.807, 2.05) is 0 Å². The molecule has 0 aliphatic carbocycles. The molecule has 2 aromatic rings. The third-order valence-electron chi connectivity index (χ3n) is 2.72. The van der Waals surface area contributed by atoms with Gasteiger partial charge in [-0.15, -0.1) is 0 Å². The fraction of sp³-hybridized carbons (Fsp3) is 0.167. The minimum Gasteiger partial charge on any atom is -0.495 e. The van der Waals surface area contributed by atoms with Crippen LogP contribution in [0, 0.1) is 0 Å². The van der Waals surface area contributed by atoms with Gasteiger partial charge in [-0.25, -0.2) is 17.9 Å². The van der Waals surface area contributed by atoms with Gasteiger partial charge >= 0.3 is 5.97 Å². The molecule has 1 aromatic carbocycles. The molecule has 9 heteroatoms. The van der Waals surface area contributed by atoms with Gasteiger partial charge in [0.1, 0.15) is 10.6 Å². The molecule has 1 aromatic heterocycles. The second-order valence-electron chi connectivity index (χ2n) is 4.10. The lowest BCUT2D eigenvalue weighted by atomic mass is 10.2. The molecule has 8 nitrogen and oxygen atoms in total. The molecule has 0 amide bonds. The lowest BCUT2D eigenvalue weighted by Crippen LogP contribution is -2.24. The number of methoxy groups -OCH3 is 1. The van der Waals surface area contributed by atoms with Crippen molar-refractivity contribution in [2.24, 2.45) is 0 Å². The number of rotatable bonds is 6. The van der Waals surface area contributed by atoms with Crippen molar-refractivity contribution < 1.29 is 23.1 Å². The van der Waals surface area contributed by atoms with Crippen molar-refractivity contribution in [3.63, 3.8) is 0 Å². The molecule has 0 fully saturated rings. The van der Waals surface area contributed by atoms with E-state index < -0.39 is 16.0 Å². The highest BCUT2D eigenvalue weighted by Crippen LogP contribution is 2.25. The van der Waals surface area contributed by atoms with Crippen molar-refractivity contribution in [2.75, 3.05) is 7.11 Å². The van der Waals surface area contributed by atoms with Crippen LogP contribution in [0.1, 0.15) is 15.9 Å². The molecule has 2 rings (SSSR count). The maximum atomic E-state index is 12.3. The molecule has 0 aliphatic heterocycles. The van der Waals surface area contributed by atoms with Gasteiger partial charge in [0.15, 0.2) is 0 Å². The molecule has 1 heterocycles. The van der Waals surface area contributed by atoms with E-state index in [4.69, 9.17) is 9.84 Å². The Hall–Kier alpha value is -2.39. The zero-order valence-electron chi connectivity index (χ0n) is 11.0. The van der Waals surface area contributed by atoms with Crippen molar-refractivity contribution >= 4 is 16.0 Å². The van der Waals surface area contributed by atoms with Crippen LogP contribution in [0.4, 0.5) is 0 Å². The number of benzene rings is 1. The first-order chi connectivity index (χ1) is 9.94. The van der Waals surface area contributed by atoms with Gasteiger partial charge in [0.05, 0.1) is 18.9 Å². The van der Waals surface area contributed by atoms with Crippen molar-refractivity contribution in [3.05, 3.63) is 41.7 Å². The molecular weight excluding hydrogens is 298 g/mol. The Bertz CT molecular complexity index is 740. The monoisotopic (exact) mass is 311 g/mol. The smallest absolute Gasteiger partial charge is 0.335 e. The van der Waals surface area contributed by atoms with Gasteiger partial charge in [-0.2, -0.15) is 5.10 Å². The molecule has 112 valence electrons. The highest BCUT2D eigenvalue weighted by molar-refractivity contribution is 7.89. The number of ether oxygens (including phenoxy) is 1. The van der Waals surface area contributed by atoms with Crippen LogP contribution >= 0.6 is 0 Å². The Labute approximate surface area is 120 Å². The summed E-state index contributed by atoms with van der Waals surface area (Å²) in [5.74, 6) is -1.15. The molecule has 0 atom stereocenters. The number of nitrogens with one attached hydrogen (secondary N) is 2. The van der Waals surface area contributed by atoms with E-state index >= 15 is 0 Å². The van der Waals surface area contributed by atoms with Gasteiger partial charge in [0.2, 0.25) is 10.0 Å². The van der Waals surface area contributed by atoms with E-state index in [9.17, 15) is 13.2 Å². The minimum absolute atomic E-state index is 0.0271. The minimum atomic E-state index is -3.92. The number of nitrogens with zero attached hydrogens (tertiary/aromatic N) is 1. The van der Waals surface area contributed by atoms with Crippen molar-refractivity contribution in [2.45, 2.75) is 11.4 Å². The average molecular weight is 311 g/mol. The summed E-state index contributed by atoms with van der Waals surface area (Å²) in [6.45, 7) is 0.0271. The lowest BCUT2D eigenvalue weighted by molar-refractivity contribution is 0.0696. The lowest BCUT2D eigenvalue weighted by Gasteiger charge is -2.11. The van der Waals surface area contributed by atoms with Crippen LogP contribution in [0.3, 0.4) is 0 Å². The summed E-state index contributed by atoms with van der Waals surface area (Å²) in [4.78, 5) is 10.7. The topological polar surface area (TPSA) is 121 Å². The number of H-pyrrole nitrogens is 1. The molecule has 0 saturated heterocycles. The van der Waals surface area contributed by atoms with Crippen LogP contribution in [0.25, 0.3) is 0 Å². The summed E-state index contributed by atoms with van der Waals surface area (Å²) >= 11 is 0. The quantitative estimate of drug-likeness (QED) is 0.718. The number of carboxylic acids is 1. The molecular formula is C12H13N3O5S. The van der Waals surface area contributed by atoms with Gasteiger partial charge in [0.25, 0.3) is 0 Å². The second kappa shape index (κ2) is 5.94. The Balaban J connectivity index is 2.33. The normalized spacial score (nSPS) is 11.3. The zero-order chi connectivity index (χ0) is 15.5. The Morgan fingerprint density at radius 2 is 2.24 bits per heavy atom. The third kappa shape index (κ3) is 3.38. The first-order valence-electron chi connectivity index (χ1n) is 5.82. The maximum Gasteiger partial charge on any atom is 0.335 e. The van der Waals surface area contributed by atoms with Crippen molar-refractivity contribution in [1.82, 2.24) is 14.9 Å². The van der Waals surface area contributed by atoms with Gasteiger partial charge in [-0.3, -0.25) is 5.10 Å². The number of carboxylic acid groups (broad SMARTS) is 1. The fourth-order valence-electron chi connectivity index (χ4n) is 1.65. The average Bonchev–Trinajstić information content (AvgIpc) is 2.98. The number of hydrogen-bond donors (Lipinski definition) is 3. The maximum absolute atomic E-state index is 12.3. The largest absolute Gasteiger partial charge is 0.495 e. The first kappa shape index (κ1) is 15.0. The van der Waals surface area contributed by atoms with Gasteiger partial charge in [0, 0.05) is 18.3 Å². The summed E-state index contributed by atoms with van der Waals surface area (Å²) in [5.41, 5.74) is 0.506. The van der Waals surface area contributed by atoms with E-state index in [0.29, 0.717) is 5.56 Å². The summed E-state index contributed by atoms with van der Waals surface area (Å²) < 4.78 is 31.9. The Morgan fingerprint density at radius 3 is 2.81 bits per heavy atom. The van der Waals surface area contributed by atoms with Gasteiger partial charge < -0.3 is 9.84 Å². The van der Waals surface area contributed by atoms with Crippen LogP contribution in [0.5, 0.6) is 5.75 Å². The second-order valence-corrected chi connectivity index (χ2v) is 5.84. The summed E-state index contributed by atoms with van der Waals surface area (Å²) in [6.07, 6.45) is 3.03. The summed E-state index contributed by atoms with van der Waals surface area (Å²) in [6, 6.07) is 3.63. The van der Waals surface area contributed by atoms with Gasteiger partial charge in [-0.05, 0) is 18.2 Å². The van der Waals surface area contributed by atoms with E-state index in [0.717, 1.165) is 6.07 Å². The Morgan fingerprint density at radius 1 is 1.48 bits per heavy atom. The van der Waals surface area contributed by atoms with Crippen LogP contribution in [0.2, 0.25) is 0 Å². The molecule has 3 N–H and O–H groups in total. The van der Waals surface area contributed by atoms with Crippen LogP contribution in [-0.4, -0.2) is 36.8 Å². The highest BCUT2D eigenvalue weighted by atomic mass is 32.2. The van der Waals surface area contributed by atoms with Crippen molar-refractivity contribution in [3.8, 4) is 5.75 Å². The predicted octanol–water partition coefficient (Wildman–Crippen LogP) is 0.595. The molecule has 0 saturated carbocycles. The molecule has 21 heavy (non-hydrogen) atoms. The van der Waals surface area contributed by atoms with E-state index in [1.54, 1.807) is 6.20 Å². The predicted molar refractivity (Wildman–Crippen MR) is 72.6 cm³/mol. The van der Waals surface area contributed by atoms with Crippen molar-refractivity contribution in [1.29, 1.82) is 0 Å². The zero-order valence-corrected chi connectivity index (χ0v) is 11.8. The Kier molecular flexibility index (Phi) is 4.24. The molecule has 0 radical (unpaired) electrons. The highest BCUT2D eigenvalue weighted by Gasteiger charge is 2.21. The number of sulfonamides is 1. The molecule has 0 bridgehead atoms. The van der Waals surface area contributed by atoms with Crippen LogP contribution in [0.15, 0.2) is 35.5 Å². The first-order valence-corrected chi connectivity index (χ1v) is 7.31.